The molecule has 2 heterocycles. The van der Waals surface area contributed by atoms with Crippen LogP contribution in [0.1, 0.15) is 17.9 Å². The largest absolute Gasteiger partial charge is 0.379 e. The number of rotatable bonds is 2. The fourth-order valence-corrected chi connectivity index (χ4v) is 2.89. The van der Waals surface area contributed by atoms with E-state index in [1.165, 1.54) is 0 Å². The van der Waals surface area contributed by atoms with Gasteiger partial charge in [-0.3, -0.25) is 4.79 Å². The normalized spacial score (nSPS) is 19.8. The smallest absolute Gasteiger partial charge is 0.225 e. The lowest BCUT2D eigenvalue weighted by Gasteiger charge is -2.25. The highest BCUT2D eigenvalue weighted by Gasteiger charge is 2.32. The Bertz CT molecular complexity index is 794. The first kappa shape index (κ1) is 20.1. The fourth-order valence-electron chi connectivity index (χ4n) is 2.89. The third-order valence-corrected chi connectivity index (χ3v) is 4.41. The molecule has 2 aliphatic rings. The summed E-state index contributed by atoms with van der Waals surface area (Å²) in [6, 6.07) is 14.8. The van der Waals surface area contributed by atoms with Gasteiger partial charge in [-0.1, -0.05) is 30.3 Å². The zero-order chi connectivity index (χ0) is 19.6. The molecule has 0 radical (unpaired) electrons. The van der Waals surface area contributed by atoms with Gasteiger partial charge in [0.15, 0.2) is 5.92 Å². The van der Waals surface area contributed by atoms with Crippen LogP contribution in [-0.2, 0) is 9.53 Å². The molecule has 0 spiro atoms. The lowest BCUT2D eigenvalue weighted by atomic mass is 9.83. The molecule has 1 fully saturated rings. The second-order valence-electron chi connectivity index (χ2n) is 6.26. The van der Waals surface area contributed by atoms with Crippen molar-refractivity contribution in [3.63, 3.8) is 0 Å². The van der Waals surface area contributed by atoms with Crippen LogP contribution in [0.2, 0.25) is 0 Å². The Kier molecular flexibility index (Phi) is 7.52. The highest BCUT2D eigenvalue weighted by Crippen LogP contribution is 2.34. The fraction of sp³-hybridized carbons (Fsp3) is 0.400. The van der Waals surface area contributed by atoms with Crippen molar-refractivity contribution in [3.05, 3.63) is 47.2 Å². The van der Waals surface area contributed by atoms with Crippen LogP contribution >= 0.6 is 0 Å². The molecule has 1 aromatic carbocycles. The maximum Gasteiger partial charge on any atom is 0.225 e. The second kappa shape index (κ2) is 10.1. The molecular weight excluding hydrogens is 342 g/mol. The number of benzene rings is 1. The Morgan fingerprint density at radius 1 is 1.15 bits per heavy atom. The van der Waals surface area contributed by atoms with Crippen molar-refractivity contribution in [2.24, 2.45) is 5.92 Å². The summed E-state index contributed by atoms with van der Waals surface area (Å²) in [6.45, 7) is 4.02. The number of nitriles is 3. The van der Waals surface area contributed by atoms with Gasteiger partial charge in [-0.05, 0) is 12.6 Å². The summed E-state index contributed by atoms with van der Waals surface area (Å²) < 4.78 is 5.10. The number of allylic oxidation sites excluding steroid dienone is 2. The zero-order valence-electron chi connectivity index (χ0n) is 15.2. The van der Waals surface area contributed by atoms with Crippen LogP contribution in [0.3, 0.4) is 0 Å². The average Bonchev–Trinajstić information content (AvgIpc) is 2.70. The minimum Gasteiger partial charge on any atom is -0.379 e. The van der Waals surface area contributed by atoms with Crippen LogP contribution in [0.25, 0.3) is 0 Å². The molecule has 1 N–H and O–H groups in total. The molecule has 1 unspecified atom stereocenters. The lowest BCUT2D eigenvalue weighted by molar-refractivity contribution is -0.121. The van der Waals surface area contributed by atoms with E-state index in [0.717, 1.165) is 31.9 Å². The molecule has 0 aliphatic carbocycles. The van der Waals surface area contributed by atoms with E-state index in [1.807, 2.05) is 36.4 Å². The monoisotopic (exact) mass is 363 g/mol. The average molecular weight is 363 g/mol. The van der Waals surface area contributed by atoms with Crippen LogP contribution in [0.15, 0.2) is 41.6 Å². The Labute approximate surface area is 159 Å². The van der Waals surface area contributed by atoms with Gasteiger partial charge >= 0.3 is 0 Å². The van der Waals surface area contributed by atoms with Gasteiger partial charge in [0.2, 0.25) is 5.91 Å². The molecule has 2 aliphatic heterocycles. The van der Waals surface area contributed by atoms with Crippen molar-refractivity contribution < 1.29 is 9.53 Å². The molecule has 27 heavy (non-hydrogen) atoms. The highest BCUT2D eigenvalue weighted by molar-refractivity contribution is 5.82. The molecule has 7 heteroatoms. The summed E-state index contributed by atoms with van der Waals surface area (Å²) in [4.78, 5) is 14.0. The Balaban J connectivity index is 0.000000313. The van der Waals surface area contributed by atoms with Crippen molar-refractivity contribution in [3.8, 4) is 18.2 Å². The van der Waals surface area contributed by atoms with Crippen molar-refractivity contribution in [1.29, 1.82) is 15.8 Å². The molecule has 0 bridgehead atoms. The van der Waals surface area contributed by atoms with Gasteiger partial charge in [-0.15, -0.1) is 0 Å². The maximum absolute atomic E-state index is 11.8. The van der Waals surface area contributed by atoms with Crippen LogP contribution < -0.4 is 5.32 Å². The van der Waals surface area contributed by atoms with Crippen LogP contribution in [0.4, 0.5) is 0 Å². The van der Waals surface area contributed by atoms with Crippen molar-refractivity contribution in [2.75, 3.05) is 33.4 Å². The number of hydrogen-bond donors (Lipinski definition) is 1. The number of ether oxygens (including phenoxy) is 1. The molecule has 1 aromatic rings. The minimum atomic E-state index is -1.14. The van der Waals surface area contributed by atoms with Crippen molar-refractivity contribution in [1.82, 2.24) is 10.2 Å². The molecule has 0 saturated carbocycles. The van der Waals surface area contributed by atoms with Crippen LogP contribution in [0, 0.1) is 39.9 Å². The number of nitrogens with zero attached hydrogens (tertiary/aromatic N) is 4. The topological polar surface area (TPSA) is 113 Å². The van der Waals surface area contributed by atoms with Gasteiger partial charge < -0.3 is 15.0 Å². The second-order valence-corrected chi connectivity index (χ2v) is 6.26. The minimum absolute atomic E-state index is 0.114. The molecule has 3 rings (SSSR count). The van der Waals surface area contributed by atoms with Gasteiger partial charge in [0.1, 0.15) is 0 Å². The van der Waals surface area contributed by atoms with E-state index in [9.17, 15) is 10.1 Å². The number of carbonyl (C=O) groups excluding carboxylic acids is 1. The van der Waals surface area contributed by atoms with E-state index < -0.39 is 11.8 Å². The van der Waals surface area contributed by atoms with Gasteiger partial charge in [0, 0.05) is 25.4 Å². The molecule has 1 amide bonds. The van der Waals surface area contributed by atoms with E-state index in [4.69, 9.17) is 15.3 Å². The molecule has 7 nitrogen and oxygen atoms in total. The molecule has 0 aromatic heterocycles. The lowest BCUT2D eigenvalue weighted by Crippen LogP contribution is -2.34. The molecule has 138 valence electrons. The predicted molar refractivity (Wildman–Crippen MR) is 97.6 cm³/mol. The predicted octanol–water partition coefficient (Wildman–Crippen LogP) is 1.68. The zero-order valence-corrected chi connectivity index (χ0v) is 15.2. The number of carbonyl (C=O) groups is 1. The van der Waals surface area contributed by atoms with Gasteiger partial charge in [-0.25, -0.2) is 0 Å². The highest BCUT2D eigenvalue weighted by atomic mass is 16.5. The van der Waals surface area contributed by atoms with Crippen molar-refractivity contribution >= 4 is 5.91 Å². The first-order chi connectivity index (χ1) is 13.1. The third-order valence-electron chi connectivity index (χ3n) is 4.41. The first-order valence-electron chi connectivity index (χ1n) is 8.65. The molecule has 1 saturated heterocycles. The number of hydrogen-bond acceptors (Lipinski definition) is 6. The van der Waals surface area contributed by atoms with Gasteiger partial charge in [-0.2, -0.15) is 15.8 Å². The summed E-state index contributed by atoms with van der Waals surface area (Å²) in [6.07, 6.45) is 0.139. The van der Waals surface area contributed by atoms with Gasteiger partial charge in [0.05, 0.1) is 42.7 Å². The summed E-state index contributed by atoms with van der Waals surface area (Å²) >= 11 is 0. The number of amides is 1. The summed E-state index contributed by atoms with van der Waals surface area (Å²) in [5.41, 5.74) is 1.22. The van der Waals surface area contributed by atoms with E-state index >= 15 is 0 Å². The maximum atomic E-state index is 11.8. The van der Waals surface area contributed by atoms with E-state index in [0.29, 0.717) is 0 Å². The number of morpholine rings is 1. The Morgan fingerprint density at radius 2 is 1.78 bits per heavy atom. The van der Waals surface area contributed by atoms with E-state index in [2.05, 4.69) is 17.3 Å². The summed E-state index contributed by atoms with van der Waals surface area (Å²) in [5, 5.41) is 29.8. The molecular formula is C20H21N5O2. The van der Waals surface area contributed by atoms with Crippen LogP contribution in [0.5, 0.6) is 0 Å². The summed E-state index contributed by atoms with van der Waals surface area (Å²) in [5.74, 6) is -1.84. The van der Waals surface area contributed by atoms with E-state index in [-0.39, 0.29) is 23.6 Å². The quantitative estimate of drug-likeness (QED) is 0.855. The van der Waals surface area contributed by atoms with Crippen LogP contribution in [-0.4, -0.2) is 44.2 Å². The van der Waals surface area contributed by atoms with E-state index in [1.54, 1.807) is 12.1 Å². The van der Waals surface area contributed by atoms with Crippen molar-refractivity contribution in [2.45, 2.75) is 12.3 Å². The number of likely N-dealkylation sites (N-methyl/N-ethyl adjacent to an activating group) is 1. The summed E-state index contributed by atoms with van der Waals surface area (Å²) in [7, 11) is 2.11. The molecule has 1 atom stereocenters. The number of nitrogens with one attached hydrogen (secondary N) is 1. The SMILES string of the molecule is CN1CCOCC1.N#CC1=C(C(C#N)C#N)NC(=O)CC1c1ccccc1. The third kappa shape index (κ3) is 5.39. The standard InChI is InChI=1S/C15H10N4O.C5H11NO/c16-7-11(8-17)15-13(9-18)12(6-14(20)19-15)10-4-2-1-3-5-10;1-6-2-4-7-5-3-6/h1-5,11-12H,6H2,(H,19,20);2-5H2,1H3. The van der Waals surface area contributed by atoms with Gasteiger partial charge in [0.25, 0.3) is 0 Å². The Hall–Kier alpha value is -3.18. The first-order valence-corrected chi connectivity index (χ1v) is 8.65. The Morgan fingerprint density at radius 3 is 2.26 bits per heavy atom.